The highest BCUT2D eigenvalue weighted by Crippen LogP contribution is 2.31. The fourth-order valence-electron chi connectivity index (χ4n) is 1.25. The highest BCUT2D eigenvalue weighted by Gasteiger charge is 2.28. The van der Waals surface area contributed by atoms with E-state index in [-0.39, 0.29) is 16.7 Å². The van der Waals surface area contributed by atoms with Gasteiger partial charge >= 0.3 is 0 Å². The third kappa shape index (κ3) is 3.02. The van der Waals surface area contributed by atoms with Crippen molar-refractivity contribution in [3.8, 4) is 0 Å². The fourth-order valence-corrected chi connectivity index (χ4v) is 3.77. The summed E-state index contributed by atoms with van der Waals surface area (Å²) in [6.07, 6.45) is 1.97. The van der Waals surface area contributed by atoms with Crippen molar-refractivity contribution in [2.24, 2.45) is 5.92 Å². The van der Waals surface area contributed by atoms with E-state index in [1.54, 1.807) is 5.38 Å². The molecule has 1 heterocycles. The minimum Gasteiger partial charge on any atom is -0.293 e. The summed E-state index contributed by atoms with van der Waals surface area (Å²) in [6, 6.07) is 0. The van der Waals surface area contributed by atoms with Gasteiger partial charge in [0.2, 0.25) is 10.0 Å². The molecule has 0 bridgehead atoms. The quantitative estimate of drug-likeness (QED) is 0.814. The van der Waals surface area contributed by atoms with E-state index >= 15 is 0 Å². The van der Waals surface area contributed by atoms with Gasteiger partial charge in [-0.2, -0.15) is 0 Å². The molecule has 0 atom stereocenters. The largest absolute Gasteiger partial charge is 0.293 e. The zero-order valence-corrected chi connectivity index (χ0v) is 10.4. The van der Waals surface area contributed by atoms with Crippen molar-refractivity contribution in [2.45, 2.75) is 19.8 Å². The molecule has 0 unspecified atom stereocenters. The number of rotatable bonds is 5. The summed E-state index contributed by atoms with van der Waals surface area (Å²) in [4.78, 5) is 14.9. The Morgan fingerprint density at radius 1 is 1.62 bits per heavy atom. The maximum atomic E-state index is 11.6. The smallest absolute Gasteiger partial charge is 0.234 e. The first-order valence-electron chi connectivity index (χ1n) is 4.93. The number of thiazole rings is 1. The molecule has 88 valence electrons. The summed E-state index contributed by atoms with van der Waals surface area (Å²) in [7, 11) is -3.30. The summed E-state index contributed by atoms with van der Waals surface area (Å²) >= 11 is 1.13. The lowest BCUT2D eigenvalue weighted by Crippen LogP contribution is -2.17. The number of nitrogens with zero attached hydrogens (tertiary/aromatic N) is 1. The van der Waals surface area contributed by atoms with Gasteiger partial charge in [0.15, 0.2) is 10.9 Å². The van der Waals surface area contributed by atoms with E-state index in [0.717, 1.165) is 24.2 Å². The Balaban J connectivity index is 2.04. The monoisotopic (exact) mass is 260 g/mol. The van der Waals surface area contributed by atoms with Crippen LogP contribution in [0.2, 0.25) is 0 Å². The normalized spacial score (nSPS) is 16.1. The van der Waals surface area contributed by atoms with Crippen LogP contribution in [-0.4, -0.2) is 24.9 Å². The summed E-state index contributed by atoms with van der Waals surface area (Å²) in [5.74, 6) is 0.288. The van der Waals surface area contributed by atoms with E-state index < -0.39 is 10.0 Å². The van der Waals surface area contributed by atoms with E-state index in [1.807, 2.05) is 0 Å². The summed E-state index contributed by atoms with van der Waals surface area (Å²) in [5, 5.41) is 1.82. The average molecular weight is 260 g/mol. The predicted octanol–water partition coefficient (Wildman–Crippen LogP) is 1.50. The summed E-state index contributed by atoms with van der Waals surface area (Å²) < 4.78 is 25.6. The van der Waals surface area contributed by atoms with Crippen LogP contribution in [0, 0.1) is 5.92 Å². The molecule has 0 radical (unpaired) electrons. The van der Waals surface area contributed by atoms with Crippen LogP contribution in [0.3, 0.4) is 0 Å². The molecular formula is C9H12N2O3S2. The molecule has 0 amide bonds. The van der Waals surface area contributed by atoms with Crippen molar-refractivity contribution < 1.29 is 13.2 Å². The molecule has 1 N–H and O–H groups in total. The first-order chi connectivity index (χ1) is 7.46. The molecule has 0 saturated heterocycles. The zero-order chi connectivity index (χ0) is 11.8. The van der Waals surface area contributed by atoms with Crippen molar-refractivity contribution >= 4 is 32.3 Å². The van der Waals surface area contributed by atoms with Gasteiger partial charge < -0.3 is 0 Å². The molecule has 1 aromatic rings. The zero-order valence-electron chi connectivity index (χ0n) is 8.76. The Labute approximate surface area is 97.9 Å². The van der Waals surface area contributed by atoms with Gasteiger partial charge in [-0.3, -0.25) is 9.52 Å². The molecule has 0 spiro atoms. The number of carbonyl (C=O) groups is 1. The van der Waals surface area contributed by atoms with Gasteiger partial charge in [-0.1, -0.05) is 0 Å². The van der Waals surface area contributed by atoms with Gasteiger partial charge in [0.1, 0.15) is 5.69 Å². The van der Waals surface area contributed by atoms with E-state index in [1.165, 1.54) is 6.92 Å². The maximum Gasteiger partial charge on any atom is 0.234 e. The molecule has 16 heavy (non-hydrogen) atoms. The molecule has 1 fully saturated rings. The SMILES string of the molecule is CC(=O)c1csc(NS(=O)(=O)CC2CC2)n1. The van der Waals surface area contributed by atoms with E-state index in [4.69, 9.17) is 0 Å². The molecule has 0 aliphatic heterocycles. The standard InChI is InChI=1S/C9H12N2O3S2/c1-6(12)8-4-15-9(10-8)11-16(13,14)5-7-2-3-7/h4,7H,2-3,5H2,1H3,(H,10,11). The Morgan fingerprint density at radius 3 is 2.81 bits per heavy atom. The number of sulfonamides is 1. The van der Waals surface area contributed by atoms with Crippen LogP contribution in [0.4, 0.5) is 5.13 Å². The Kier molecular flexibility index (Phi) is 2.98. The second-order valence-electron chi connectivity index (χ2n) is 3.92. The lowest BCUT2D eigenvalue weighted by molar-refractivity contribution is 0.101. The van der Waals surface area contributed by atoms with Crippen LogP contribution < -0.4 is 4.72 Å². The lowest BCUT2D eigenvalue weighted by atomic mass is 10.4. The third-order valence-electron chi connectivity index (χ3n) is 2.26. The second-order valence-corrected chi connectivity index (χ2v) is 6.55. The minimum absolute atomic E-state index is 0.155. The first kappa shape index (κ1) is 11.5. The fraction of sp³-hybridized carbons (Fsp3) is 0.556. The predicted molar refractivity (Wildman–Crippen MR) is 62.3 cm³/mol. The van der Waals surface area contributed by atoms with Crippen molar-refractivity contribution in [2.75, 3.05) is 10.5 Å². The number of nitrogens with one attached hydrogen (secondary N) is 1. The van der Waals surface area contributed by atoms with Crippen LogP contribution in [-0.2, 0) is 10.0 Å². The van der Waals surface area contributed by atoms with Crippen molar-refractivity contribution in [1.29, 1.82) is 0 Å². The molecule has 1 aromatic heterocycles. The van der Waals surface area contributed by atoms with Gasteiger partial charge in [0.05, 0.1) is 5.75 Å². The van der Waals surface area contributed by atoms with Crippen LogP contribution in [0.1, 0.15) is 30.3 Å². The molecule has 1 saturated carbocycles. The topological polar surface area (TPSA) is 76.1 Å². The Bertz CT molecular complexity index is 503. The van der Waals surface area contributed by atoms with Gasteiger partial charge in [0.25, 0.3) is 0 Å². The van der Waals surface area contributed by atoms with Crippen LogP contribution >= 0.6 is 11.3 Å². The Morgan fingerprint density at radius 2 is 2.31 bits per heavy atom. The average Bonchev–Trinajstić information content (AvgIpc) is 2.80. The number of hydrogen-bond donors (Lipinski definition) is 1. The van der Waals surface area contributed by atoms with Crippen molar-refractivity contribution in [3.63, 3.8) is 0 Å². The molecular weight excluding hydrogens is 248 g/mol. The lowest BCUT2D eigenvalue weighted by Gasteiger charge is -2.02. The highest BCUT2D eigenvalue weighted by molar-refractivity contribution is 7.92. The number of carbonyl (C=O) groups excluding carboxylic acids is 1. The van der Waals surface area contributed by atoms with E-state index in [2.05, 4.69) is 9.71 Å². The van der Waals surface area contributed by atoms with Gasteiger partial charge in [0, 0.05) is 12.3 Å². The molecule has 5 nitrogen and oxygen atoms in total. The van der Waals surface area contributed by atoms with Gasteiger partial charge in [-0.25, -0.2) is 13.4 Å². The molecule has 7 heteroatoms. The number of ketones is 1. The molecule has 0 aromatic carbocycles. The van der Waals surface area contributed by atoms with Gasteiger partial charge in [-0.05, 0) is 18.8 Å². The van der Waals surface area contributed by atoms with E-state index in [0.29, 0.717) is 11.6 Å². The number of aromatic nitrogens is 1. The van der Waals surface area contributed by atoms with Crippen LogP contribution in [0.5, 0.6) is 0 Å². The summed E-state index contributed by atoms with van der Waals surface area (Å²) in [5.41, 5.74) is 0.300. The molecule has 1 aliphatic carbocycles. The number of hydrogen-bond acceptors (Lipinski definition) is 5. The number of Topliss-reactive ketones (excluding diaryl/α,β-unsaturated/α-hetero) is 1. The summed E-state index contributed by atoms with van der Waals surface area (Å²) in [6.45, 7) is 1.40. The van der Waals surface area contributed by atoms with Crippen LogP contribution in [0.15, 0.2) is 5.38 Å². The molecule has 2 rings (SSSR count). The first-order valence-corrected chi connectivity index (χ1v) is 7.46. The third-order valence-corrected chi connectivity index (χ3v) is 4.56. The van der Waals surface area contributed by atoms with Gasteiger partial charge in [-0.15, -0.1) is 11.3 Å². The van der Waals surface area contributed by atoms with Crippen molar-refractivity contribution in [1.82, 2.24) is 4.98 Å². The second kappa shape index (κ2) is 4.14. The van der Waals surface area contributed by atoms with Crippen molar-refractivity contribution in [3.05, 3.63) is 11.1 Å². The maximum absolute atomic E-state index is 11.6. The number of anilines is 1. The van der Waals surface area contributed by atoms with E-state index in [9.17, 15) is 13.2 Å². The minimum atomic E-state index is -3.30. The van der Waals surface area contributed by atoms with Crippen LogP contribution in [0.25, 0.3) is 0 Å². The highest BCUT2D eigenvalue weighted by atomic mass is 32.2. The Hall–Kier alpha value is -0.950. The molecule has 1 aliphatic rings.